The van der Waals surface area contributed by atoms with E-state index in [-0.39, 0.29) is 6.61 Å². The number of halogens is 1. The Bertz CT molecular complexity index is 292. The number of aliphatic hydroxyl groups is 2. The Kier molecular flexibility index (Phi) is 26.5. The average Bonchev–Trinajstić information content (AvgIpc) is 3.10. The molecule has 1 aliphatic carbocycles. The maximum Gasteiger partial charge on any atom is 0.0654 e. The first-order valence-corrected chi connectivity index (χ1v) is 12.1. The lowest BCUT2D eigenvalue weighted by molar-refractivity contribution is 0.0516. The van der Waals surface area contributed by atoms with Crippen LogP contribution in [0.15, 0.2) is 24.3 Å². The Morgan fingerprint density at radius 1 is 1.24 bits per heavy atom. The highest BCUT2D eigenvalue weighted by molar-refractivity contribution is 14.1. The van der Waals surface area contributed by atoms with Crippen molar-refractivity contribution in [3.05, 3.63) is 24.3 Å². The molecule has 0 spiro atoms. The third-order valence-corrected chi connectivity index (χ3v) is 3.97. The largest absolute Gasteiger partial charge is 0.396 e. The van der Waals surface area contributed by atoms with Crippen LogP contribution in [-0.2, 0) is 0 Å². The molecule has 0 radical (unpaired) electrons. The quantitative estimate of drug-likeness (QED) is 0.227. The summed E-state index contributed by atoms with van der Waals surface area (Å²) in [5, 5.41) is 18.2. The predicted molar refractivity (Wildman–Crippen MR) is 124 cm³/mol. The van der Waals surface area contributed by atoms with Crippen molar-refractivity contribution >= 4 is 22.6 Å². The second-order valence-electron chi connectivity index (χ2n) is 6.71. The fourth-order valence-electron chi connectivity index (χ4n) is 2.51. The zero-order valence-electron chi connectivity index (χ0n) is 17.8. The molecular weight excluding hydrogens is 423 g/mol. The predicted octanol–water partition coefficient (Wildman–Crippen LogP) is 7.09. The van der Waals surface area contributed by atoms with Crippen LogP contribution in [0.2, 0.25) is 0 Å². The molecule has 0 heterocycles. The molecule has 1 aliphatic rings. The summed E-state index contributed by atoms with van der Waals surface area (Å²) in [6.45, 7) is 13.8. The second-order valence-corrected chi connectivity index (χ2v) is 6.71. The van der Waals surface area contributed by atoms with E-state index in [9.17, 15) is 5.11 Å². The van der Waals surface area contributed by atoms with Crippen molar-refractivity contribution in [2.24, 2.45) is 5.92 Å². The number of alkyl halides is 1. The molecule has 2 nitrogen and oxygen atoms in total. The van der Waals surface area contributed by atoms with Gasteiger partial charge in [0.2, 0.25) is 0 Å². The molecule has 0 aromatic carbocycles. The lowest BCUT2D eigenvalue weighted by Gasteiger charge is -2.21. The van der Waals surface area contributed by atoms with E-state index >= 15 is 0 Å². The molecular formula is C22H45IO2. The fourth-order valence-corrected chi connectivity index (χ4v) is 2.51. The molecule has 0 aliphatic heterocycles. The fraction of sp³-hybridized carbons (Fsp3) is 0.818. The first kappa shape index (κ1) is 29.9. The van der Waals surface area contributed by atoms with E-state index in [1.165, 1.54) is 32.1 Å². The summed E-state index contributed by atoms with van der Waals surface area (Å²) < 4.78 is 0. The van der Waals surface area contributed by atoms with Gasteiger partial charge in [0.25, 0.3) is 0 Å². The highest BCUT2D eigenvalue weighted by Gasteiger charge is 2.18. The zero-order valence-corrected chi connectivity index (χ0v) is 19.9. The topological polar surface area (TPSA) is 40.5 Å². The Labute approximate surface area is 172 Å². The van der Waals surface area contributed by atoms with Crippen molar-refractivity contribution in [3.63, 3.8) is 0 Å². The Morgan fingerprint density at radius 3 is 2.12 bits per heavy atom. The number of unbranched alkanes of at least 4 members (excludes halogenated alkanes) is 1. The summed E-state index contributed by atoms with van der Waals surface area (Å²) in [4.78, 5) is 1.97. The third kappa shape index (κ3) is 24.1. The number of rotatable bonds is 8. The number of hydrogen-bond acceptors (Lipinski definition) is 2. The van der Waals surface area contributed by atoms with E-state index in [0.29, 0.717) is 0 Å². The van der Waals surface area contributed by atoms with Gasteiger partial charge in [0, 0.05) is 6.61 Å². The minimum absolute atomic E-state index is 0.231. The lowest BCUT2D eigenvalue weighted by atomic mass is 9.94. The number of hydrogen-bond donors (Lipinski definition) is 2. The highest BCUT2D eigenvalue weighted by atomic mass is 127. The molecule has 1 unspecified atom stereocenters. The van der Waals surface area contributed by atoms with Crippen LogP contribution in [0, 0.1) is 5.92 Å². The van der Waals surface area contributed by atoms with E-state index < -0.39 is 5.60 Å². The normalized spacial score (nSPS) is 15.9. The minimum Gasteiger partial charge on any atom is -0.396 e. The Morgan fingerprint density at radius 2 is 1.76 bits per heavy atom. The summed E-state index contributed by atoms with van der Waals surface area (Å²) in [6, 6.07) is 0. The first-order valence-electron chi connectivity index (χ1n) is 9.93. The standard InChI is InChI=1S/C14H26O.C5H10O.C2H6.CH3I/c1-3-4-11-14(2,15)12-7-10-13-8-5-6-9-13;1-5(2)3-4-6;2*1-2/h7,10,13,15H,3-6,8-9,11-12H2,1-2H3;6H,1,3-4H2,2H3;1-2H3;1H3/b10-7+;;;. The van der Waals surface area contributed by atoms with Gasteiger partial charge in [0.05, 0.1) is 5.60 Å². The van der Waals surface area contributed by atoms with Crippen LogP contribution in [0.5, 0.6) is 0 Å². The molecule has 0 bridgehead atoms. The average molecular weight is 469 g/mol. The molecule has 1 fully saturated rings. The van der Waals surface area contributed by atoms with Crippen molar-refractivity contribution in [3.8, 4) is 0 Å². The Balaban J connectivity index is -0.000000407. The van der Waals surface area contributed by atoms with E-state index in [1.807, 2.05) is 32.6 Å². The van der Waals surface area contributed by atoms with Crippen molar-refractivity contribution < 1.29 is 10.2 Å². The zero-order chi connectivity index (χ0) is 20.1. The van der Waals surface area contributed by atoms with Crippen molar-refractivity contribution in [2.75, 3.05) is 11.5 Å². The van der Waals surface area contributed by atoms with Gasteiger partial charge in [-0.05, 0) is 56.8 Å². The molecule has 152 valence electrons. The maximum absolute atomic E-state index is 10.1. The third-order valence-electron chi connectivity index (χ3n) is 3.97. The lowest BCUT2D eigenvalue weighted by Crippen LogP contribution is -2.22. The van der Waals surface area contributed by atoms with Crippen LogP contribution >= 0.6 is 22.6 Å². The van der Waals surface area contributed by atoms with Gasteiger partial charge >= 0.3 is 0 Å². The molecule has 1 rings (SSSR count). The molecule has 0 aromatic rings. The van der Waals surface area contributed by atoms with Crippen LogP contribution in [0.25, 0.3) is 0 Å². The SMILES string of the molecule is C=C(C)CCO.CC.CCCCC(C)(O)C/C=C/C1CCCC1.CI. The smallest absolute Gasteiger partial charge is 0.0654 e. The van der Waals surface area contributed by atoms with E-state index in [2.05, 4.69) is 48.2 Å². The monoisotopic (exact) mass is 468 g/mol. The molecule has 2 N–H and O–H groups in total. The molecule has 3 heteroatoms. The Hall–Kier alpha value is 0.130. The van der Waals surface area contributed by atoms with Gasteiger partial charge in [-0.15, -0.1) is 6.58 Å². The summed E-state index contributed by atoms with van der Waals surface area (Å²) in [7, 11) is 0. The van der Waals surface area contributed by atoms with Gasteiger partial charge in [-0.3, -0.25) is 0 Å². The van der Waals surface area contributed by atoms with Gasteiger partial charge in [-0.1, -0.05) is 86.8 Å². The van der Waals surface area contributed by atoms with Gasteiger partial charge in [0.15, 0.2) is 0 Å². The van der Waals surface area contributed by atoms with Crippen LogP contribution in [-0.4, -0.2) is 27.4 Å². The van der Waals surface area contributed by atoms with Crippen molar-refractivity contribution in [2.45, 2.75) is 98.0 Å². The molecule has 1 atom stereocenters. The summed E-state index contributed by atoms with van der Waals surface area (Å²) in [6.07, 6.45) is 14.8. The van der Waals surface area contributed by atoms with Crippen molar-refractivity contribution in [1.82, 2.24) is 0 Å². The summed E-state index contributed by atoms with van der Waals surface area (Å²) in [5.74, 6) is 0.798. The van der Waals surface area contributed by atoms with Crippen LogP contribution in [0.4, 0.5) is 0 Å². The van der Waals surface area contributed by atoms with E-state index in [1.54, 1.807) is 0 Å². The molecule has 1 saturated carbocycles. The van der Waals surface area contributed by atoms with Gasteiger partial charge in [0.1, 0.15) is 0 Å². The molecule has 25 heavy (non-hydrogen) atoms. The number of aliphatic hydroxyl groups excluding tert-OH is 1. The first-order chi connectivity index (χ1) is 11.9. The van der Waals surface area contributed by atoms with Gasteiger partial charge < -0.3 is 10.2 Å². The highest BCUT2D eigenvalue weighted by Crippen LogP contribution is 2.26. The summed E-state index contributed by atoms with van der Waals surface area (Å²) >= 11 is 2.15. The molecule has 0 aromatic heterocycles. The number of allylic oxidation sites excluding steroid dienone is 1. The van der Waals surface area contributed by atoms with Crippen LogP contribution in [0.1, 0.15) is 92.4 Å². The van der Waals surface area contributed by atoms with Crippen LogP contribution < -0.4 is 0 Å². The van der Waals surface area contributed by atoms with Gasteiger partial charge in [-0.2, -0.15) is 0 Å². The van der Waals surface area contributed by atoms with Crippen LogP contribution in [0.3, 0.4) is 0 Å². The molecule has 0 saturated heterocycles. The van der Waals surface area contributed by atoms with Gasteiger partial charge in [-0.25, -0.2) is 0 Å². The second kappa shape index (κ2) is 22.2. The van der Waals surface area contributed by atoms with E-state index in [4.69, 9.17) is 5.11 Å². The minimum atomic E-state index is -0.481. The summed E-state index contributed by atoms with van der Waals surface area (Å²) in [5.41, 5.74) is 0.558. The molecule has 0 amide bonds. The van der Waals surface area contributed by atoms with Crippen molar-refractivity contribution in [1.29, 1.82) is 0 Å². The van der Waals surface area contributed by atoms with E-state index in [0.717, 1.165) is 37.2 Å². The maximum atomic E-state index is 10.1.